The van der Waals surface area contributed by atoms with Crippen LogP contribution in [-0.2, 0) is 7.05 Å². The first-order valence-corrected chi connectivity index (χ1v) is 8.21. The van der Waals surface area contributed by atoms with Crippen molar-refractivity contribution in [3.8, 4) is 0 Å². The van der Waals surface area contributed by atoms with Gasteiger partial charge in [-0.15, -0.1) is 0 Å². The van der Waals surface area contributed by atoms with Crippen molar-refractivity contribution in [3.05, 3.63) is 51.8 Å². The second-order valence-electron chi connectivity index (χ2n) is 5.06. The lowest BCUT2D eigenvalue weighted by molar-refractivity contribution is 0.0933. The third-order valence-electron chi connectivity index (χ3n) is 3.30. The Hall–Kier alpha value is -1.93. The molecule has 1 amide bonds. The summed E-state index contributed by atoms with van der Waals surface area (Å²) < 4.78 is 2.18. The fourth-order valence-corrected chi connectivity index (χ4v) is 2.85. The quantitative estimate of drug-likeness (QED) is 0.549. The molecule has 6 nitrogen and oxygen atoms in total. The highest BCUT2D eigenvalue weighted by atomic mass is 79.9. The Bertz CT molecular complexity index is 716. The first kappa shape index (κ1) is 17.4. The van der Waals surface area contributed by atoms with E-state index in [9.17, 15) is 4.79 Å². The van der Waals surface area contributed by atoms with Gasteiger partial charge in [0.25, 0.3) is 5.91 Å². The number of benzene rings is 1. The Morgan fingerprint density at radius 1 is 1.30 bits per heavy atom. The van der Waals surface area contributed by atoms with Gasteiger partial charge in [-0.3, -0.25) is 20.3 Å². The Labute approximate surface area is 148 Å². The molecule has 2 aromatic rings. The lowest BCUT2D eigenvalue weighted by Crippen LogP contribution is -2.47. The van der Waals surface area contributed by atoms with E-state index in [2.05, 4.69) is 37.2 Å². The average Bonchev–Trinajstić information content (AvgIpc) is 2.78. The minimum atomic E-state index is -0.323. The van der Waals surface area contributed by atoms with Gasteiger partial charge >= 0.3 is 0 Å². The zero-order chi connectivity index (χ0) is 17.0. The Balaban J connectivity index is 1.90. The highest BCUT2D eigenvalue weighted by Gasteiger charge is 2.18. The molecule has 0 bridgehead atoms. The summed E-state index contributed by atoms with van der Waals surface area (Å²) in [4.78, 5) is 12.2. The van der Waals surface area contributed by atoms with Gasteiger partial charge in [0.05, 0.1) is 16.2 Å². The minimum absolute atomic E-state index is 0.0267. The molecular weight excluding hydrogens is 378 g/mol. The van der Waals surface area contributed by atoms with Crippen LogP contribution in [-0.4, -0.2) is 20.8 Å². The number of hydrazine groups is 1. The van der Waals surface area contributed by atoms with Gasteiger partial charge < -0.3 is 5.32 Å². The number of aromatic nitrogens is 2. The average molecular weight is 396 g/mol. The predicted molar refractivity (Wildman–Crippen MR) is 96.8 cm³/mol. The van der Waals surface area contributed by atoms with E-state index in [4.69, 9.17) is 12.2 Å². The van der Waals surface area contributed by atoms with E-state index in [1.54, 1.807) is 7.05 Å². The van der Waals surface area contributed by atoms with Gasteiger partial charge in [0.1, 0.15) is 5.69 Å². The van der Waals surface area contributed by atoms with Gasteiger partial charge in [0, 0.05) is 7.05 Å². The minimum Gasteiger partial charge on any atom is -0.355 e. The highest BCUT2D eigenvalue weighted by molar-refractivity contribution is 9.10. The topological polar surface area (TPSA) is 71.0 Å². The predicted octanol–water partition coefficient (Wildman–Crippen LogP) is 2.36. The number of amides is 1. The SMILES string of the molecule is Cc1nn(C)c(C(=O)NNC(=S)N[C@@H](C)c2ccccc2)c1Br. The highest BCUT2D eigenvalue weighted by Crippen LogP contribution is 2.19. The number of hydrogen-bond acceptors (Lipinski definition) is 3. The third kappa shape index (κ3) is 4.29. The van der Waals surface area contributed by atoms with Gasteiger partial charge in [-0.05, 0) is 47.6 Å². The fraction of sp³-hybridized carbons (Fsp3) is 0.267. The van der Waals surface area contributed by atoms with E-state index in [-0.39, 0.29) is 11.9 Å². The molecule has 1 aromatic carbocycles. The van der Waals surface area contributed by atoms with E-state index in [0.717, 1.165) is 11.3 Å². The second-order valence-corrected chi connectivity index (χ2v) is 6.26. The molecule has 1 atom stereocenters. The Morgan fingerprint density at radius 2 is 1.96 bits per heavy atom. The Kier molecular flexibility index (Phi) is 5.73. The smallest absolute Gasteiger partial charge is 0.289 e. The zero-order valence-corrected chi connectivity index (χ0v) is 15.5. The molecule has 0 saturated heterocycles. The van der Waals surface area contributed by atoms with Crippen LogP contribution in [0.5, 0.6) is 0 Å². The van der Waals surface area contributed by atoms with E-state index in [1.165, 1.54) is 4.68 Å². The fourth-order valence-electron chi connectivity index (χ4n) is 2.11. The molecule has 0 aliphatic carbocycles. The van der Waals surface area contributed by atoms with Gasteiger partial charge in [0.2, 0.25) is 0 Å². The third-order valence-corrected chi connectivity index (χ3v) is 4.47. The largest absolute Gasteiger partial charge is 0.355 e. The first-order valence-electron chi connectivity index (χ1n) is 7.01. The number of nitrogens with one attached hydrogen (secondary N) is 3. The summed E-state index contributed by atoms with van der Waals surface area (Å²) in [6, 6.07) is 9.93. The summed E-state index contributed by atoms with van der Waals surface area (Å²) in [5.74, 6) is -0.323. The van der Waals surface area contributed by atoms with Crippen LogP contribution < -0.4 is 16.2 Å². The number of aryl methyl sites for hydroxylation is 2. The van der Waals surface area contributed by atoms with Crippen molar-refractivity contribution >= 4 is 39.2 Å². The molecular formula is C15H18BrN5OS. The summed E-state index contributed by atoms with van der Waals surface area (Å²) >= 11 is 8.56. The molecule has 1 heterocycles. The van der Waals surface area contributed by atoms with Crippen LogP contribution in [0.1, 0.15) is 34.7 Å². The molecule has 0 aliphatic rings. The first-order chi connectivity index (χ1) is 10.9. The summed E-state index contributed by atoms with van der Waals surface area (Å²) in [6.45, 7) is 3.81. The lowest BCUT2D eigenvalue weighted by Gasteiger charge is -2.17. The number of halogens is 1. The maximum atomic E-state index is 12.2. The van der Waals surface area contributed by atoms with Crippen LogP contribution in [0.2, 0.25) is 0 Å². The lowest BCUT2D eigenvalue weighted by atomic mass is 10.1. The molecule has 122 valence electrons. The zero-order valence-electron chi connectivity index (χ0n) is 13.1. The van der Waals surface area contributed by atoms with Crippen LogP contribution >= 0.6 is 28.1 Å². The number of hydrogen-bond donors (Lipinski definition) is 3. The molecule has 0 radical (unpaired) electrons. The monoisotopic (exact) mass is 395 g/mol. The summed E-state index contributed by atoms with van der Waals surface area (Å²) in [7, 11) is 1.71. The number of nitrogens with zero attached hydrogens (tertiary/aromatic N) is 2. The van der Waals surface area contributed by atoms with E-state index < -0.39 is 0 Å². The van der Waals surface area contributed by atoms with E-state index in [0.29, 0.717) is 15.3 Å². The molecule has 3 N–H and O–H groups in total. The molecule has 0 unspecified atom stereocenters. The van der Waals surface area contributed by atoms with Gasteiger partial charge in [-0.2, -0.15) is 5.10 Å². The van der Waals surface area contributed by atoms with Crippen molar-refractivity contribution < 1.29 is 4.79 Å². The maximum Gasteiger partial charge on any atom is 0.289 e. The van der Waals surface area contributed by atoms with Crippen LogP contribution in [0.3, 0.4) is 0 Å². The van der Waals surface area contributed by atoms with Crippen molar-refractivity contribution in [1.29, 1.82) is 0 Å². The van der Waals surface area contributed by atoms with Crippen LogP contribution in [0, 0.1) is 6.92 Å². The molecule has 0 fully saturated rings. The molecule has 0 spiro atoms. The van der Waals surface area contributed by atoms with Gasteiger partial charge in [0.15, 0.2) is 5.11 Å². The van der Waals surface area contributed by atoms with Crippen LogP contribution in [0.4, 0.5) is 0 Å². The van der Waals surface area contributed by atoms with Crippen molar-refractivity contribution in [2.45, 2.75) is 19.9 Å². The van der Waals surface area contributed by atoms with E-state index in [1.807, 2.05) is 44.2 Å². The maximum absolute atomic E-state index is 12.2. The molecule has 2 rings (SSSR count). The molecule has 23 heavy (non-hydrogen) atoms. The van der Waals surface area contributed by atoms with Gasteiger partial charge in [-0.25, -0.2) is 0 Å². The number of rotatable bonds is 3. The van der Waals surface area contributed by atoms with Crippen molar-refractivity contribution in [2.24, 2.45) is 7.05 Å². The standard InChI is InChI=1S/C15H18BrN5OS/c1-9(11-7-5-4-6-8-11)17-15(23)19-18-14(22)13-12(16)10(2)20-21(13)3/h4-9H,1-3H3,(H,18,22)(H2,17,19,23)/t9-/m0/s1. The van der Waals surface area contributed by atoms with Gasteiger partial charge in [-0.1, -0.05) is 30.3 Å². The van der Waals surface area contributed by atoms with Crippen LogP contribution in [0.15, 0.2) is 34.8 Å². The molecule has 1 aromatic heterocycles. The van der Waals surface area contributed by atoms with Crippen LogP contribution in [0.25, 0.3) is 0 Å². The second kappa shape index (κ2) is 7.56. The van der Waals surface area contributed by atoms with Crippen molar-refractivity contribution in [2.75, 3.05) is 0 Å². The van der Waals surface area contributed by atoms with Crippen molar-refractivity contribution in [1.82, 2.24) is 25.9 Å². The number of carbonyl (C=O) groups is 1. The molecule has 0 saturated carbocycles. The normalized spacial score (nSPS) is 11.7. The number of thiocarbonyl (C=S) groups is 1. The number of carbonyl (C=O) groups excluding carboxylic acids is 1. The Morgan fingerprint density at radius 3 is 2.52 bits per heavy atom. The summed E-state index contributed by atoms with van der Waals surface area (Å²) in [5, 5.41) is 7.63. The molecule has 8 heteroatoms. The van der Waals surface area contributed by atoms with E-state index >= 15 is 0 Å². The van der Waals surface area contributed by atoms with Crippen molar-refractivity contribution in [3.63, 3.8) is 0 Å². The summed E-state index contributed by atoms with van der Waals surface area (Å²) in [5.41, 5.74) is 7.55. The summed E-state index contributed by atoms with van der Waals surface area (Å²) in [6.07, 6.45) is 0. The molecule has 0 aliphatic heterocycles.